The van der Waals surface area contributed by atoms with Crippen LogP contribution in [0.5, 0.6) is 0 Å². The molecule has 0 amide bonds. The summed E-state index contributed by atoms with van der Waals surface area (Å²) in [7, 11) is 0. The third-order valence-electron chi connectivity index (χ3n) is 5.45. The Kier molecular flexibility index (Phi) is 3.23. The van der Waals surface area contributed by atoms with Crippen LogP contribution in [-0.2, 0) is 19.1 Å². The second-order valence-corrected chi connectivity index (χ2v) is 6.77. The molecule has 0 N–H and O–H groups in total. The van der Waals surface area contributed by atoms with Gasteiger partial charge in [-0.15, -0.1) is 0 Å². The third-order valence-corrected chi connectivity index (χ3v) is 5.45. The minimum atomic E-state index is -0.401. The van der Waals surface area contributed by atoms with Crippen LogP contribution in [0.25, 0.3) is 0 Å². The van der Waals surface area contributed by atoms with Gasteiger partial charge < -0.3 is 9.47 Å². The number of hydrogen-bond donors (Lipinski definition) is 0. The number of carbonyl (C=O) groups is 2. The van der Waals surface area contributed by atoms with Gasteiger partial charge in [-0.3, -0.25) is 4.79 Å². The van der Waals surface area contributed by atoms with Gasteiger partial charge in [0.2, 0.25) is 0 Å². The van der Waals surface area contributed by atoms with Crippen molar-refractivity contribution in [1.82, 2.24) is 0 Å². The SMILES string of the molecule is C=C1C(=O)OC2C1CC1=C(C)CCCC1(C)C2OC(C)=O. The standard InChI is InChI=1S/C17H22O4/c1-9-6-5-7-17(4)13(9)8-12-10(2)16(19)21-14(12)15(17)20-11(3)18/h12,14-15H,2,5-8H2,1,3-4H3. The van der Waals surface area contributed by atoms with Gasteiger partial charge in [0.05, 0.1) is 0 Å². The fourth-order valence-corrected chi connectivity index (χ4v) is 4.33. The van der Waals surface area contributed by atoms with Crippen molar-refractivity contribution in [1.29, 1.82) is 0 Å². The maximum absolute atomic E-state index is 11.9. The third kappa shape index (κ3) is 2.03. The summed E-state index contributed by atoms with van der Waals surface area (Å²) in [6.07, 6.45) is 3.14. The maximum Gasteiger partial charge on any atom is 0.334 e. The lowest BCUT2D eigenvalue weighted by Crippen LogP contribution is -2.53. The fourth-order valence-electron chi connectivity index (χ4n) is 4.33. The average molecular weight is 290 g/mol. The van der Waals surface area contributed by atoms with Gasteiger partial charge in [-0.2, -0.15) is 0 Å². The van der Waals surface area contributed by atoms with Gasteiger partial charge in [0.25, 0.3) is 0 Å². The molecular formula is C17H22O4. The van der Waals surface area contributed by atoms with Gasteiger partial charge in [0, 0.05) is 23.8 Å². The van der Waals surface area contributed by atoms with Gasteiger partial charge in [-0.25, -0.2) is 4.79 Å². The highest BCUT2D eigenvalue weighted by atomic mass is 16.6. The van der Waals surface area contributed by atoms with Crippen LogP contribution in [0, 0.1) is 11.3 Å². The summed E-state index contributed by atoms with van der Waals surface area (Å²) < 4.78 is 11.1. The summed E-state index contributed by atoms with van der Waals surface area (Å²) in [5, 5.41) is 0. The van der Waals surface area contributed by atoms with Crippen molar-refractivity contribution >= 4 is 11.9 Å². The summed E-state index contributed by atoms with van der Waals surface area (Å²) >= 11 is 0. The molecule has 4 unspecified atom stereocenters. The molecule has 114 valence electrons. The van der Waals surface area contributed by atoms with Crippen molar-refractivity contribution in [3.63, 3.8) is 0 Å². The molecule has 0 aromatic heterocycles. The molecule has 3 rings (SSSR count). The lowest BCUT2D eigenvalue weighted by Gasteiger charge is -2.49. The smallest absolute Gasteiger partial charge is 0.334 e. The van der Waals surface area contributed by atoms with Gasteiger partial charge in [0.15, 0.2) is 0 Å². The molecule has 2 aliphatic carbocycles. The molecule has 0 radical (unpaired) electrons. The molecule has 0 aromatic rings. The summed E-state index contributed by atoms with van der Waals surface area (Å²) in [5.74, 6) is -0.723. The van der Waals surface area contributed by atoms with Gasteiger partial charge in [0.1, 0.15) is 12.2 Å². The van der Waals surface area contributed by atoms with Gasteiger partial charge in [-0.1, -0.05) is 24.6 Å². The normalized spacial score (nSPS) is 38.7. The first-order valence-electron chi connectivity index (χ1n) is 7.60. The van der Waals surface area contributed by atoms with Gasteiger partial charge >= 0.3 is 11.9 Å². The fraction of sp³-hybridized carbons (Fsp3) is 0.647. The van der Waals surface area contributed by atoms with Crippen molar-refractivity contribution < 1.29 is 19.1 Å². The second kappa shape index (κ2) is 4.72. The van der Waals surface area contributed by atoms with E-state index in [-0.39, 0.29) is 29.4 Å². The maximum atomic E-state index is 11.9. The Morgan fingerprint density at radius 3 is 2.86 bits per heavy atom. The summed E-state index contributed by atoms with van der Waals surface area (Å²) in [5.41, 5.74) is 3.00. The molecule has 4 heteroatoms. The van der Waals surface area contributed by atoms with Crippen molar-refractivity contribution in [3.8, 4) is 0 Å². The van der Waals surface area contributed by atoms with Crippen LogP contribution < -0.4 is 0 Å². The quantitative estimate of drug-likeness (QED) is 0.423. The van der Waals surface area contributed by atoms with E-state index in [1.807, 2.05) is 0 Å². The van der Waals surface area contributed by atoms with Crippen LogP contribution in [0.2, 0.25) is 0 Å². The average Bonchev–Trinajstić information content (AvgIpc) is 2.67. The topological polar surface area (TPSA) is 52.6 Å². The number of ether oxygens (including phenoxy) is 2. The van der Waals surface area contributed by atoms with E-state index in [0.717, 1.165) is 25.7 Å². The Labute approximate surface area is 125 Å². The van der Waals surface area contributed by atoms with Crippen molar-refractivity contribution in [2.45, 2.75) is 58.7 Å². The van der Waals surface area contributed by atoms with Crippen molar-refractivity contribution in [2.24, 2.45) is 11.3 Å². The lowest BCUT2D eigenvalue weighted by atomic mass is 9.58. The molecule has 1 saturated heterocycles. The highest BCUT2D eigenvalue weighted by Crippen LogP contribution is 2.55. The first-order valence-corrected chi connectivity index (χ1v) is 7.60. The van der Waals surface area contributed by atoms with Crippen LogP contribution in [-0.4, -0.2) is 24.1 Å². The molecule has 3 aliphatic rings. The molecule has 21 heavy (non-hydrogen) atoms. The molecule has 1 saturated carbocycles. The second-order valence-electron chi connectivity index (χ2n) is 6.77. The number of esters is 2. The largest absolute Gasteiger partial charge is 0.458 e. The van der Waals surface area contributed by atoms with E-state index in [9.17, 15) is 9.59 Å². The number of carbonyl (C=O) groups excluding carboxylic acids is 2. The van der Waals surface area contributed by atoms with E-state index in [0.29, 0.717) is 5.57 Å². The number of hydrogen-bond acceptors (Lipinski definition) is 4. The highest BCUT2D eigenvalue weighted by molar-refractivity contribution is 5.91. The van der Waals surface area contributed by atoms with Crippen molar-refractivity contribution in [3.05, 3.63) is 23.3 Å². The minimum absolute atomic E-state index is 0.0574. The number of rotatable bonds is 1. The van der Waals surface area contributed by atoms with Crippen LogP contribution in [0.3, 0.4) is 0 Å². The Morgan fingerprint density at radius 2 is 2.19 bits per heavy atom. The van der Waals surface area contributed by atoms with E-state index in [1.54, 1.807) is 0 Å². The van der Waals surface area contributed by atoms with E-state index < -0.39 is 6.10 Å². The first-order chi connectivity index (χ1) is 9.84. The van der Waals surface area contributed by atoms with E-state index in [2.05, 4.69) is 20.4 Å². The zero-order valence-corrected chi connectivity index (χ0v) is 12.9. The van der Waals surface area contributed by atoms with Crippen molar-refractivity contribution in [2.75, 3.05) is 0 Å². The zero-order chi connectivity index (χ0) is 15.4. The van der Waals surface area contributed by atoms with Crippen LogP contribution >= 0.6 is 0 Å². The van der Waals surface area contributed by atoms with E-state index in [1.165, 1.54) is 18.1 Å². The predicted molar refractivity (Wildman–Crippen MR) is 77.3 cm³/mol. The minimum Gasteiger partial charge on any atom is -0.458 e. The molecule has 0 bridgehead atoms. The van der Waals surface area contributed by atoms with Gasteiger partial charge in [-0.05, 0) is 32.6 Å². The monoisotopic (exact) mass is 290 g/mol. The summed E-state index contributed by atoms with van der Waals surface area (Å²) in [6.45, 7) is 9.59. The Hall–Kier alpha value is -1.58. The van der Waals surface area contributed by atoms with Crippen LogP contribution in [0.1, 0.15) is 46.5 Å². The molecule has 1 heterocycles. The lowest BCUT2D eigenvalue weighted by molar-refractivity contribution is -0.174. The highest BCUT2D eigenvalue weighted by Gasteiger charge is 2.58. The zero-order valence-electron chi connectivity index (χ0n) is 12.9. The Bertz CT molecular complexity index is 559. The van der Waals surface area contributed by atoms with Crippen LogP contribution in [0.15, 0.2) is 23.3 Å². The molecule has 0 spiro atoms. The molecule has 2 fully saturated rings. The molecule has 1 aliphatic heterocycles. The molecule has 0 aromatic carbocycles. The molecule has 4 atom stereocenters. The predicted octanol–water partition coefficient (Wildman–Crippen LogP) is 2.93. The number of allylic oxidation sites excluding steroid dienone is 1. The summed E-state index contributed by atoms with van der Waals surface area (Å²) in [4.78, 5) is 23.4. The van der Waals surface area contributed by atoms with E-state index in [4.69, 9.17) is 9.47 Å². The Balaban J connectivity index is 2.08. The Morgan fingerprint density at radius 1 is 1.48 bits per heavy atom. The van der Waals surface area contributed by atoms with E-state index >= 15 is 0 Å². The summed E-state index contributed by atoms with van der Waals surface area (Å²) in [6, 6.07) is 0. The van der Waals surface area contributed by atoms with Crippen LogP contribution in [0.4, 0.5) is 0 Å². The molecule has 4 nitrogen and oxygen atoms in total. The first kappa shape index (κ1) is 14.4. The molecular weight excluding hydrogens is 268 g/mol. The number of fused-ring (bicyclic) bond motifs is 2.